The molecule has 1 aromatic heterocycles. The van der Waals surface area contributed by atoms with E-state index in [9.17, 15) is 9.59 Å². The van der Waals surface area contributed by atoms with E-state index < -0.39 is 0 Å². The lowest BCUT2D eigenvalue weighted by atomic mass is 9.93. The Balaban J connectivity index is 3.79. The molecule has 0 fully saturated rings. The van der Waals surface area contributed by atoms with Crippen LogP contribution in [0.5, 0.6) is 0 Å². The predicted molar refractivity (Wildman–Crippen MR) is 75.5 cm³/mol. The Labute approximate surface area is 108 Å². The van der Waals surface area contributed by atoms with Crippen molar-refractivity contribution in [1.82, 2.24) is 4.57 Å². The van der Waals surface area contributed by atoms with Crippen LogP contribution in [0.1, 0.15) is 70.5 Å². The molecule has 0 spiro atoms. The van der Waals surface area contributed by atoms with Crippen molar-refractivity contribution in [2.75, 3.05) is 0 Å². The van der Waals surface area contributed by atoms with Crippen molar-refractivity contribution in [3.8, 4) is 0 Å². The maximum atomic E-state index is 12.1. The van der Waals surface area contributed by atoms with Crippen LogP contribution in [0, 0.1) is 0 Å². The molecule has 0 aliphatic rings. The smallest absolute Gasteiger partial charge is 0.253 e. The van der Waals surface area contributed by atoms with Gasteiger partial charge in [0.2, 0.25) is 0 Å². The highest BCUT2D eigenvalue weighted by molar-refractivity contribution is 5.29. The maximum absolute atomic E-state index is 12.1. The van der Waals surface area contributed by atoms with E-state index >= 15 is 0 Å². The second-order valence-electron chi connectivity index (χ2n) is 5.65. The van der Waals surface area contributed by atoms with Gasteiger partial charge in [-0.3, -0.25) is 14.2 Å². The number of aromatic nitrogens is 1. The molecule has 0 aromatic carbocycles. The highest BCUT2D eigenvalue weighted by Gasteiger charge is 2.13. The van der Waals surface area contributed by atoms with Crippen molar-refractivity contribution in [2.24, 2.45) is 0 Å². The van der Waals surface area contributed by atoms with E-state index in [0.717, 1.165) is 11.1 Å². The Bertz CT molecular complexity index is 494. The van der Waals surface area contributed by atoms with Crippen LogP contribution in [0.15, 0.2) is 21.7 Å². The van der Waals surface area contributed by atoms with Gasteiger partial charge in [0, 0.05) is 18.2 Å². The van der Waals surface area contributed by atoms with Crippen LogP contribution in [0.2, 0.25) is 0 Å². The summed E-state index contributed by atoms with van der Waals surface area (Å²) in [5.41, 5.74) is 1.55. The molecule has 3 heteroatoms. The summed E-state index contributed by atoms with van der Waals surface area (Å²) in [6, 6.07) is 3.14. The van der Waals surface area contributed by atoms with E-state index in [4.69, 9.17) is 0 Å². The standard InChI is InChI=1S/C15H23NO2/c1-9(2)12-7-14(17)16(11(5)6)15(18)8-13(12)10(3)4/h7-11H,1-6H3. The zero-order valence-corrected chi connectivity index (χ0v) is 12.2. The molecule has 0 N–H and O–H groups in total. The van der Waals surface area contributed by atoms with Crippen molar-refractivity contribution >= 4 is 0 Å². The molecule has 0 saturated heterocycles. The molecule has 1 heterocycles. The Morgan fingerprint density at radius 3 is 1.33 bits per heavy atom. The molecule has 100 valence electrons. The third-order valence-electron chi connectivity index (χ3n) is 3.13. The summed E-state index contributed by atoms with van der Waals surface area (Å²) >= 11 is 0. The average Bonchev–Trinajstić information content (AvgIpc) is 2.34. The van der Waals surface area contributed by atoms with E-state index in [1.807, 2.05) is 41.5 Å². The first-order chi connectivity index (χ1) is 8.25. The second-order valence-corrected chi connectivity index (χ2v) is 5.65. The topological polar surface area (TPSA) is 39.1 Å². The molecule has 1 aromatic rings. The molecule has 0 bridgehead atoms. The first kappa shape index (κ1) is 14.7. The van der Waals surface area contributed by atoms with Gasteiger partial charge in [-0.25, -0.2) is 0 Å². The lowest BCUT2D eigenvalue weighted by Gasteiger charge is -2.11. The minimum Gasteiger partial charge on any atom is -0.273 e. The van der Waals surface area contributed by atoms with Crippen molar-refractivity contribution in [3.63, 3.8) is 0 Å². The molecule has 0 amide bonds. The van der Waals surface area contributed by atoms with Crippen molar-refractivity contribution in [2.45, 2.75) is 59.4 Å². The van der Waals surface area contributed by atoms with Gasteiger partial charge in [-0.05, 0) is 36.8 Å². The lowest BCUT2D eigenvalue weighted by molar-refractivity contribution is 0.563. The zero-order chi connectivity index (χ0) is 14.0. The Morgan fingerprint density at radius 1 is 0.778 bits per heavy atom. The summed E-state index contributed by atoms with van der Waals surface area (Å²) in [5.74, 6) is 0.477. The summed E-state index contributed by atoms with van der Waals surface area (Å²) in [6.45, 7) is 11.9. The molecule has 18 heavy (non-hydrogen) atoms. The quantitative estimate of drug-likeness (QED) is 0.826. The molecule has 3 nitrogen and oxygen atoms in total. The van der Waals surface area contributed by atoms with Gasteiger partial charge in [0.25, 0.3) is 11.1 Å². The number of hydrogen-bond acceptors (Lipinski definition) is 2. The van der Waals surface area contributed by atoms with E-state index in [2.05, 4.69) is 0 Å². The summed E-state index contributed by atoms with van der Waals surface area (Å²) in [6.07, 6.45) is 0. The third kappa shape index (κ3) is 2.89. The first-order valence-corrected chi connectivity index (χ1v) is 6.56. The van der Waals surface area contributed by atoms with Gasteiger partial charge in [0.05, 0.1) is 0 Å². The van der Waals surface area contributed by atoms with Crippen molar-refractivity contribution in [1.29, 1.82) is 0 Å². The van der Waals surface area contributed by atoms with E-state index in [1.165, 1.54) is 4.57 Å². The van der Waals surface area contributed by atoms with Crippen molar-refractivity contribution < 1.29 is 0 Å². The molecule has 0 atom stereocenters. The maximum Gasteiger partial charge on any atom is 0.253 e. The summed E-state index contributed by atoms with van der Waals surface area (Å²) in [5, 5.41) is 0. The van der Waals surface area contributed by atoms with Gasteiger partial charge in [-0.1, -0.05) is 27.7 Å². The highest BCUT2D eigenvalue weighted by atomic mass is 16.2. The van der Waals surface area contributed by atoms with Crippen LogP contribution < -0.4 is 11.1 Å². The fourth-order valence-electron chi connectivity index (χ4n) is 2.19. The monoisotopic (exact) mass is 249 g/mol. The van der Waals surface area contributed by atoms with E-state index in [-0.39, 0.29) is 29.0 Å². The van der Waals surface area contributed by atoms with E-state index in [0.29, 0.717) is 0 Å². The van der Waals surface area contributed by atoms with Gasteiger partial charge in [0.15, 0.2) is 0 Å². The van der Waals surface area contributed by atoms with Crippen LogP contribution >= 0.6 is 0 Å². The largest absolute Gasteiger partial charge is 0.273 e. The molecule has 0 saturated carbocycles. The van der Waals surface area contributed by atoms with Gasteiger partial charge >= 0.3 is 0 Å². The van der Waals surface area contributed by atoms with Crippen LogP contribution in [0.4, 0.5) is 0 Å². The molecular weight excluding hydrogens is 226 g/mol. The number of rotatable bonds is 3. The van der Waals surface area contributed by atoms with Crippen molar-refractivity contribution in [3.05, 3.63) is 44.0 Å². The van der Waals surface area contributed by atoms with Gasteiger partial charge in [-0.15, -0.1) is 0 Å². The summed E-state index contributed by atoms with van der Waals surface area (Å²) in [7, 11) is 0. The van der Waals surface area contributed by atoms with Crippen LogP contribution in [0.3, 0.4) is 0 Å². The second kappa shape index (κ2) is 5.51. The minimum atomic E-state index is -0.203. The first-order valence-electron chi connectivity index (χ1n) is 6.56. The average molecular weight is 249 g/mol. The summed E-state index contributed by atoms with van der Waals surface area (Å²) in [4.78, 5) is 24.3. The Morgan fingerprint density at radius 2 is 1.11 bits per heavy atom. The van der Waals surface area contributed by atoms with Crippen LogP contribution in [0.25, 0.3) is 0 Å². The van der Waals surface area contributed by atoms with Gasteiger partial charge in [0.1, 0.15) is 0 Å². The van der Waals surface area contributed by atoms with Gasteiger partial charge < -0.3 is 0 Å². The summed E-state index contributed by atoms with van der Waals surface area (Å²) < 4.78 is 1.32. The van der Waals surface area contributed by atoms with E-state index in [1.54, 1.807) is 12.1 Å². The predicted octanol–water partition coefficient (Wildman–Crippen LogP) is 3.04. The Kier molecular flexibility index (Phi) is 4.49. The molecule has 0 radical (unpaired) electrons. The SMILES string of the molecule is CC(C)c1cc(=O)n(C(C)C)c(=O)cc1C(C)C. The van der Waals surface area contributed by atoms with Gasteiger partial charge in [-0.2, -0.15) is 0 Å². The molecule has 0 aliphatic heterocycles. The molecular formula is C15H23NO2. The minimum absolute atomic E-state index is 0.113. The lowest BCUT2D eigenvalue weighted by Crippen LogP contribution is -2.30. The molecule has 0 unspecified atom stereocenters. The molecule has 0 aliphatic carbocycles. The fraction of sp³-hybridized carbons (Fsp3) is 0.600. The third-order valence-corrected chi connectivity index (χ3v) is 3.13. The van der Waals surface area contributed by atoms with Crippen LogP contribution in [-0.4, -0.2) is 4.57 Å². The zero-order valence-electron chi connectivity index (χ0n) is 12.2. The normalized spacial score (nSPS) is 11.6. The van der Waals surface area contributed by atoms with Crippen LogP contribution in [-0.2, 0) is 0 Å². The number of nitrogens with zero attached hydrogens (tertiary/aromatic N) is 1. The fourth-order valence-corrected chi connectivity index (χ4v) is 2.19. The highest BCUT2D eigenvalue weighted by Crippen LogP contribution is 2.23. The molecule has 1 rings (SSSR count). The Hall–Kier alpha value is -1.38. The number of hydrogen-bond donors (Lipinski definition) is 0.